The largest absolute Gasteiger partial charge is 0.396 e. The van der Waals surface area contributed by atoms with Crippen LogP contribution < -0.4 is 0 Å². The van der Waals surface area contributed by atoms with Gasteiger partial charge in [-0.2, -0.15) is 0 Å². The maximum absolute atomic E-state index is 12.3. The van der Waals surface area contributed by atoms with E-state index in [1.54, 1.807) is 0 Å². The van der Waals surface area contributed by atoms with Crippen LogP contribution >= 0.6 is 11.6 Å². The van der Waals surface area contributed by atoms with E-state index in [1.165, 1.54) is 0 Å². The molecule has 1 aliphatic rings. The Bertz CT molecular complexity index is 473. The first-order valence-electron chi connectivity index (χ1n) is 8.04. The fraction of sp³-hybridized carbons (Fsp3) is 0.588. The van der Waals surface area contributed by atoms with E-state index in [4.69, 9.17) is 16.7 Å². The van der Waals surface area contributed by atoms with Crippen LogP contribution in [0.3, 0.4) is 0 Å². The fourth-order valence-corrected chi connectivity index (χ4v) is 2.99. The van der Waals surface area contributed by atoms with E-state index in [2.05, 4.69) is 4.90 Å². The lowest BCUT2D eigenvalue weighted by Gasteiger charge is -2.34. The van der Waals surface area contributed by atoms with Crippen molar-refractivity contribution in [3.63, 3.8) is 0 Å². The van der Waals surface area contributed by atoms with E-state index in [0.717, 1.165) is 57.5 Å². The molecule has 1 aromatic rings. The van der Waals surface area contributed by atoms with Crippen LogP contribution in [0.15, 0.2) is 24.3 Å². The number of carbonyl (C=O) groups is 1. The van der Waals surface area contributed by atoms with Gasteiger partial charge in [0.2, 0.25) is 5.91 Å². The smallest absolute Gasteiger partial charge is 0.227 e. The number of unbranched alkanes of at least 4 members (excludes halogenated alkanes) is 2. The number of aliphatic hydroxyl groups is 1. The van der Waals surface area contributed by atoms with E-state index >= 15 is 0 Å². The zero-order valence-corrected chi connectivity index (χ0v) is 13.8. The number of hydrogen-bond acceptors (Lipinski definition) is 3. The minimum atomic E-state index is 0.183. The quantitative estimate of drug-likeness (QED) is 0.782. The van der Waals surface area contributed by atoms with Crippen LogP contribution in [0.2, 0.25) is 5.02 Å². The van der Waals surface area contributed by atoms with Crippen LogP contribution in [0.1, 0.15) is 24.8 Å². The molecule has 0 spiro atoms. The van der Waals surface area contributed by atoms with E-state index < -0.39 is 0 Å². The molecule has 1 saturated heterocycles. The molecule has 1 aliphatic heterocycles. The highest BCUT2D eigenvalue weighted by Gasteiger charge is 2.20. The molecule has 0 unspecified atom stereocenters. The molecule has 4 nitrogen and oxygen atoms in total. The highest BCUT2D eigenvalue weighted by molar-refractivity contribution is 6.30. The summed E-state index contributed by atoms with van der Waals surface area (Å²) in [6.45, 7) is 4.85. The van der Waals surface area contributed by atoms with Crippen molar-refractivity contribution in [1.82, 2.24) is 9.80 Å². The SMILES string of the molecule is O=C(Cc1cccc(Cl)c1)N1CCN(CCCCCO)CC1. The molecule has 5 heteroatoms. The number of halogens is 1. The first-order valence-corrected chi connectivity index (χ1v) is 8.42. The van der Waals surface area contributed by atoms with Gasteiger partial charge in [0, 0.05) is 37.8 Å². The van der Waals surface area contributed by atoms with Crippen molar-refractivity contribution >= 4 is 17.5 Å². The van der Waals surface area contributed by atoms with Crippen LogP contribution in [0.4, 0.5) is 0 Å². The van der Waals surface area contributed by atoms with Crippen molar-refractivity contribution in [3.05, 3.63) is 34.9 Å². The normalized spacial score (nSPS) is 16.0. The highest BCUT2D eigenvalue weighted by Crippen LogP contribution is 2.13. The van der Waals surface area contributed by atoms with Gasteiger partial charge in [-0.15, -0.1) is 0 Å². The molecule has 1 N–H and O–H groups in total. The summed E-state index contributed by atoms with van der Waals surface area (Å²) >= 11 is 5.96. The van der Waals surface area contributed by atoms with Crippen molar-refractivity contribution in [3.8, 4) is 0 Å². The van der Waals surface area contributed by atoms with Crippen molar-refractivity contribution in [2.45, 2.75) is 25.7 Å². The molecule has 1 amide bonds. The van der Waals surface area contributed by atoms with E-state index in [-0.39, 0.29) is 12.5 Å². The van der Waals surface area contributed by atoms with Crippen LogP contribution in [0.5, 0.6) is 0 Å². The maximum atomic E-state index is 12.3. The maximum Gasteiger partial charge on any atom is 0.227 e. The molecule has 0 aromatic heterocycles. The summed E-state index contributed by atoms with van der Waals surface area (Å²) in [5.74, 6) is 0.183. The molecule has 0 aliphatic carbocycles. The Morgan fingerprint density at radius 3 is 2.59 bits per heavy atom. The molecule has 0 bridgehead atoms. The Balaban J connectivity index is 1.71. The van der Waals surface area contributed by atoms with Gasteiger partial charge < -0.3 is 10.0 Å². The standard InChI is InChI=1S/C17H25ClN2O2/c18-16-6-4-5-15(13-16)14-17(22)20-10-8-19(9-11-20)7-2-1-3-12-21/h4-6,13,21H,1-3,7-12,14H2. The number of rotatable bonds is 7. The Kier molecular flexibility index (Phi) is 7.16. The van der Waals surface area contributed by atoms with Gasteiger partial charge in [0.25, 0.3) is 0 Å². The summed E-state index contributed by atoms with van der Waals surface area (Å²) in [7, 11) is 0. The van der Waals surface area contributed by atoms with Crippen molar-refractivity contribution < 1.29 is 9.90 Å². The second-order valence-electron chi connectivity index (χ2n) is 5.81. The first kappa shape index (κ1) is 17.3. The minimum absolute atomic E-state index is 0.183. The van der Waals surface area contributed by atoms with Crippen molar-refractivity contribution in [2.75, 3.05) is 39.3 Å². The average Bonchev–Trinajstić information content (AvgIpc) is 2.52. The topological polar surface area (TPSA) is 43.8 Å². The number of nitrogens with zero attached hydrogens (tertiary/aromatic N) is 2. The van der Waals surface area contributed by atoms with Gasteiger partial charge in [0.05, 0.1) is 6.42 Å². The predicted molar refractivity (Wildman–Crippen MR) is 89.1 cm³/mol. The number of hydrogen-bond donors (Lipinski definition) is 1. The Morgan fingerprint density at radius 1 is 1.14 bits per heavy atom. The molecule has 0 atom stereocenters. The molecule has 0 saturated carbocycles. The summed E-state index contributed by atoms with van der Waals surface area (Å²) in [5.41, 5.74) is 0.976. The molecule has 122 valence electrons. The van der Waals surface area contributed by atoms with Gasteiger partial charge in [-0.25, -0.2) is 0 Å². The molecular weight excluding hydrogens is 300 g/mol. The second-order valence-corrected chi connectivity index (χ2v) is 6.25. The van der Waals surface area contributed by atoms with E-state index in [1.807, 2.05) is 29.2 Å². The first-order chi connectivity index (χ1) is 10.7. The molecule has 1 heterocycles. The predicted octanol–water partition coefficient (Wildman–Crippen LogP) is 2.19. The molecule has 2 rings (SSSR count). The van der Waals surface area contributed by atoms with Gasteiger partial charge in [0.15, 0.2) is 0 Å². The lowest BCUT2D eigenvalue weighted by atomic mass is 10.1. The third kappa shape index (κ3) is 5.59. The minimum Gasteiger partial charge on any atom is -0.396 e. The second kappa shape index (κ2) is 9.13. The highest BCUT2D eigenvalue weighted by atomic mass is 35.5. The van der Waals surface area contributed by atoms with Gasteiger partial charge in [-0.1, -0.05) is 23.7 Å². The number of benzene rings is 1. The van der Waals surface area contributed by atoms with E-state index in [0.29, 0.717) is 11.4 Å². The summed E-state index contributed by atoms with van der Waals surface area (Å²) in [6, 6.07) is 7.51. The number of aliphatic hydroxyl groups excluding tert-OH is 1. The molecule has 1 aromatic carbocycles. The van der Waals surface area contributed by atoms with E-state index in [9.17, 15) is 4.79 Å². The lowest BCUT2D eigenvalue weighted by molar-refractivity contribution is -0.132. The van der Waals surface area contributed by atoms with Crippen LogP contribution in [-0.4, -0.2) is 60.1 Å². The van der Waals surface area contributed by atoms with Gasteiger partial charge in [0.1, 0.15) is 0 Å². The van der Waals surface area contributed by atoms with Gasteiger partial charge in [-0.05, 0) is 43.5 Å². The van der Waals surface area contributed by atoms with Crippen molar-refractivity contribution in [1.29, 1.82) is 0 Å². The monoisotopic (exact) mass is 324 g/mol. The zero-order valence-electron chi connectivity index (χ0n) is 13.0. The van der Waals surface area contributed by atoms with Gasteiger partial charge >= 0.3 is 0 Å². The zero-order chi connectivity index (χ0) is 15.8. The Hall–Kier alpha value is -1.10. The number of piperazine rings is 1. The fourth-order valence-electron chi connectivity index (χ4n) is 2.78. The molecule has 0 radical (unpaired) electrons. The molecule has 22 heavy (non-hydrogen) atoms. The van der Waals surface area contributed by atoms with Crippen LogP contribution in [-0.2, 0) is 11.2 Å². The number of amides is 1. The summed E-state index contributed by atoms with van der Waals surface area (Å²) in [4.78, 5) is 16.7. The third-order valence-corrected chi connectivity index (χ3v) is 4.34. The van der Waals surface area contributed by atoms with Gasteiger partial charge in [-0.3, -0.25) is 9.69 Å². The molecule has 1 fully saturated rings. The molecular formula is C17H25ClN2O2. The summed E-state index contributed by atoms with van der Waals surface area (Å²) in [6.07, 6.45) is 3.51. The Labute approximate surface area is 137 Å². The van der Waals surface area contributed by atoms with Crippen molar-refractivity contribution in [2.24, 2.45) is 0 Å². The average molecular weight is 325 g/mol. The van der Waals surface area contributed by atoms with Crippen LogP contribution in [0, 0.1) is 0 Å². The number of carbonyl (C=O) groups excluding carboxylic acids is 1. The summed E-state index contributed by atoms with van der Waals surface area (Å²) in [5, 5.41) is 9.45. The lowest BCUT2D eigenvalue weighted by Crippen LogP contribution is -2.49. The summed E-state index contributed by atoms with van der Waals surface area (Å²) < 4.78 is 0. The third-order valence-electron chi connectivity index (χ3n) is 4.10. The Morgan fingerprint density at radius 2 is 1.91 bits per heavy atom. The van der Waals surface area contributed by atoms with Crippen LogP contribution in [0.25, 0.3) is 0 Å².